The van der Waals surface area contributed by atoms with Gasteiger partial charge in [0.2, 0.25) is 5.91 Å². The summed E-state index contributed by atoms with van der Waals surface area (Å²) in [6, 6.07) is 18.4. The minimum absolute atomic E-state index is 0.0190. The normalized spacial score (nSPS) is 16.8. The van der Waals surface area contributed by atoms with E-state index < -0.39 is 6.17 Å². The molecule has 0 aliphatic carbocycles. The molecular weight excluding hydrogens is 365 g/mol. The maximum absolute atomic E-state index is 14.6. The van der Waals surface area contributed by atoms with Gasteiger partial charge in [0, 0.05) is 50.9 Å². The number of hydrogen-bond acceptors (Lipinski definition) is 2. The monoisotopic (exact) mass is 393 g/mol. The van der Waals surface area contributed by atoms with Crippen molar-refractivity contribution < 1.29 is 9.18 Å². The highest BCUT2D eigenvalue weighted by atomic mass is 19.1. The number of fused-ring (bicyclic) bond motifs is 1. The summed E-state index contributed by atoms with van der Waals surface area (Å²) in [5.74, 6) is -0.0190. The van der Waals surface area contributed by atoms with Gasteiger partial charge in [0.15, 0.2) is 0 Å². The number of nitrogens with zero attached hydrogens (tertiary/aromatic N) is 2. The second-order valence-electron chi connectivity index (χ2n) is 7.94. The van der Waals surface area contributed by atoms with E-state index in [0.717, 1.165) is 37.1 Å². The summed E-state index contributed by atoms with van der Waals surface area (Å²) in [5, 5.41) is 4.08. The molecule has 29 heavy (non-hydrogen) atoms. The molecule has 1 aliphatic rings. The summed E-state index contributed by atoms with van der Waals surface area (Å²) in [7, 11) is 0. The van der Waals surface area contributed by atoms with Crippen molar-refractivity contribution in [2.45, 2.75) is 38.5 Å². The van der Waals surface area contributed by atoms with Crippen LogP contribution in [0.25, 0.3) is 10.9 Å². The first-order valence-electron chi connectivity index (χ1n) is 10.4. The summed E-state index contributed by atoms with van der Waals surface area (Å²) in [6.45, 7) is 4.36. The number of hydrogen-bond donors (Lipinski definition) is 1. The number of nitrogens with one attached hydrogen (secondary N) is 1. The van der Waals surface area contributed by atoms with E-state index in [9.17, 15) is 9.18 Å². The third kappa shape index (κ3) is 4.67. The van der Waals surface area contributed by atoms with Crippen LogP contribution in [0.3, 0.4) is 0 Å². The van der Waals surface area contributed by atoms with Crippen molar-refractivity contribution in [2.24, 2.45) is 0 Å². The van der Waals surface area contributed by atoms with Crippen LogP contribution in [0.2, 0.25) is 0 Å². The second-order valence-corrected chi connectivity index (χ2v) is 7.94. The van der Waals surface area contributed by atoms with Gasteiger partial charge in [0.1, 0.15) is 6.17 Å². The average molecular weight is 394 g/mol. The van der Waals surface area contributed by atoms with Crippen LogP contribution in [0.4, 0.5) is 4.39 Å². The van der Waals surface area contributed by atoms with E-state index in [4.69, 9.17) is 0 Å². The van der Waals surface area contributed by atoms with Gasteiger partial charge in [0.25, 0.3) is 0 Å². The maximum atomic E-state index is 14.6. The molecule has 0 spiro atoms. The molecule has 0 bridgehead atoms. The van der Waals surface area contributed by atoms with Crippen molar-refractivity contribution in [3.05, 3.63) is 71.9 Å². The van der Waals surface area contributed by atoms with Crippen molar-refractivity contribution in [1.29, 1.82) is 0 Å². The van der Waals surface area contributed by atoms with Crippen molar-refractivity contribution in [3.63, 3.8) is 0 Å². The smallest absolute Gasteiger partial charge is 0.217 e. The van der Waals surface area contributed by atoms with Gasteiger partial charge < -0.3 is 9.88 Å². The van der Waals surface area contributed by atoms with Crippen LogP contribution < -0.4 is 5.32 Å². The van der Waals surface area contributed by atoms with E-state index in [-0.39, 0.29) is 5.91 Å². The number of alkyl halides is 1. The van der Waals surface area contributed by atoms with Crippen LogP contribution in [-0.4, -0.2) is 35.0 Å². The quantitative estimate of drug-likeness (QED) is 0.663. The largest absolute Gasteiger partial charge is 0.352 e. The zero-order valence-corrected chi connectivity index (χ0v) is 16.9. The highest BCUT2D eigenvalue weighted by molar-refractivity contribution is 5.81. The predicted molar refractivity (Wildman–Crippen MR) is 114 cm³/mol. The van der Waals surface area contributed by atoms with Gasteiger partial charge in [-0.2, -0.15) is 0 Å². The Hall–Kier alpha value is -2.66. The number of aromatic nitrogens is 1. The van der Waals surface area contributed by atoms with Crippen LogP contribution in [-0.2, 0) is 11.3 Å². The molecule has 1 amide bonds. The molecule has 4 rings (SSSR count). The first-order valence-corrected chi connectivity index (χ1v) is 10.4. The molecule has 152 valence electrons. The highest BCUT2D eigenvalue weighted by Crippen LogP contribution is 2.29. The summed E-state index contributed by atoms with van der Waals surface area (Å²) >= 11 is 0. The van der Waals surface area contributed by atoms with E-state index in [1.54, 1.807) is 0 Å². The number of halogens is 1. The molecule has 0 radical (unpaired) electrons. The van der Waals surface area contributed by atoms with Crippen LogP contribution in [0.5, 0.6) is 0 Å². The Balaban J connectivity index is 1.39. The number of piperidine rings is 1. The summed E-state index contributed by atoms with van der Waals surface area (Å²) in [4.78, 5) is 13.4. The van der Waals surface area contributed by atoms with Gasteiger partial charge in [-0.05, 0) is 41.5 Å². The van der Waals surface area contributed by atoms with E-state index in [1.165, 1.54) is 17.8 Å². The molecule has 4 nitrogen and oxygen atoms in total. The van der Waals surface area contributed by atoms with Gasteiger partial charge >= 0.3 is 0 Å². The molecule has 1 saturated heterocycles. The molecule has 2 aromatic carbocycles. The number of likely N-dealkylation sites (tertiary alicyclic amines) is 1. The fourth-order valence-corrected chi connectivity index (χ4v) is 4.22. The Morgan fingerprint density at radius 3 is 2.62 bits per heavy atom. The number of carbonyl (C=O) groups excluding carboxylic acids is 1. The zero-order chi connectivity index (χ0) is 20.2. The summed E-state index contributed by atoms with van der Waals surface area (Å²) in [5.41, 5.74) is 3.07. The Kier molecular flexibility index (Phi) is 5.95. The molecule has 1 aromatic heterocycles. The first-order chi connectivity index (χ1) is 14.1. The van der Waals surface area contributed by atoms with E-state index in [2.05, 4.69) is 45.2 Å². The lowest BCUT2D eigenvalue weighted by atomic mass is 10.0. The standard InChI is InChI=1S/C24H28FN3O/c1-18(29)26-16-19-7-8-21-9-14-28(24(21)15-19)22-10-12-27(13-11-22)17-23(25)20-5-3-2-4-6-20/h2-9,14-15,22-23H,10-13,16-17H2,1H3,(H,26,29). The molecular formula is C24H28FN3O. The van der Waals surface area contributed by atoms with Crippen LogP contribution in [0, 0.1) is 0 Å². The zero-order valence-electron chi connectivity index (χ0n) is 16.9. The molecule has 1 N–H and O–H groups in total. The molecule has 5 heteroatoms. The van der Waals surface area contributed by atoms with E-state index >= 15 is 0 Å². The average Bonchev–Trinajstić information content (AvgIpc) is 3.16. The minimum atomic E-state index is -0.934. The lowest BCUT2D eigenvalue weighted by Gasteiger charge is -2.34. The minimum Gasteiger partial charge on any atom is -0.352 e. The fourth-order valence-electron chi connectivity index (χ4n) is 4.22. The van der Waals surface area contributed by atoms with Gasteiger partial charge in [-0.1, -0.05) is 42.5 Å². The third-order valence-electron chi connectivity index (χ3n) is 5.86. The maximum Gasteiger partial charge on any atom is 0.217 e. The van der Waals surface area contributed by atoms with Crippen LogP contribution in [0.15, 0.2) is 60.8 Å². The number of carbonyl (C=O) groups is 1. The summed E-state index contributed by atoms with van der Waals surface area (Å²) < 4.78 is 17.0. The second kappa shape index (κ2) is 8.78. The van der Waals surface area contributed by atoms with Gasteiger partial charge in [-0.15, -0.1) is 0 Å². The van der Waals surface area contributed by atoms with E-state index in [0.29, 0.717) is 19.1 Å². The van der Waals surface area contributed by atoms with Gasteiger partial charge in [-0.25, -0.2) is 4.39 Å². The Labute approximate surface area is 171 Å². The number of amides is 1. The van der Waals surface area contributed by atoms with Crippen molar-refractivity contribution in [1.82, 2.24) is 14.8 Å². The third-order valence-corrected chi connectivity index (χ3v) is 5.86. The molecule has 2 heterocycles. The molecule has 3 aromatic rings. The van der Waals surface area contributed by atoms with E-state index in [1.807, 2.05) is 30.3 Å². The van der Waals surface area contributed by atoms with Crippen LogP contribution in [0.1, 0.15) is 43.1 Å². The topological polar surface area (TPSA) is 37.3 Å². The van der Waals surface area contributed by atoms with Gasteiger partial charge in [0.05, 0.1) is 0 Å². The Morgan fingerprint density at radius 1 is 1.14 bits per heavy atom. The van der Waals surface area contributed by atoms with Crippen molar-refractivity contribution in [2.75, 3.05) is 19.6 Å². The SMILES string of the molecule is CC(=O)NCc1ccc2ccn(C3CCN(CC(F)c4ccccc4)CC3)c2c1. The molecule has 0 saturated carbocycles. The van der Waals surface area contributed by atoms with Crippen LogP contribution >= 0.6 is 0 Å². The van der Waals surface area contributed by atoms with Gasteiger partial charge in [-0.3, -0.25) is 9.69 Å². The predicted octanol–water partition coefficient (Wildman–Crippen LogP) is 4.63. The lowest BCUT2D eigenvalue weighted by molar-refractivity contribution is -0.119. The fraction of sp³-hybridized carbons (Fsp3) is 0.375. The molecule has 1 aliphatic heterocycles. The first kappa shape index (κ1) is 19.6. The molecule has 1 atom stereocenters. The number of rotatable bonds is 6. The van der Waals surface area contributed by atoms with Crippen molar-refractivity contribution >= 4 is 16.8 Å². The Morgan fingerprint density at radius 2 is 1.90 bits per heavy atom. The Bertz CT molecular complexity index is 961. The molecule has 1 unspecified atom stereocenters. The summed E-state index contributed by atoms with van der Waals surface area (Å²) in [6.07, 6.45) is 3.26. The molecule has 1 fully saturated rings. The van der Waals surface area contributed by atoms with Crippen molar-refractivity contribution in [3.8, 4) is 0 Å². The lowest BCUT2D eigenvalue weighted by Crippen LogP contribution is -2.36. The number of benzene rings is 2. The highest BCUT2D eigenvalue weighted by Gasteiger charge is 2.24.